The molecule has 2 rings (SSSR count). The third-order valence-electron chi connectivity index (χ3n) is 2.58. The first-order valence-corrected chi connectivity index (χ1v) is 5.72. The van der Waals surface area contributed by atoms with Crippen LogP contribution in [-0.4, -0.2) is 18.4 Å². The minimum absolute atomic E-state index is 0.00642. The largest absolute Gasteiger partial charge is 0.307 e. The van der Waals surface area contributed by atoms with Gasteiger partial charge in [-0.2, -0.15) is 0 Å². The molecule has 0 bridgehead atoms. The van der Waals surface area contributed by atoms with Gasteiger partial charge < -0.3 is 5.32 Å². The quantitative estimate of drug-likeness (QED) is 0.858. The summed E-state index contributed by atoms with van der Waals surface area (Å²) in [7, 11) is 0. The van der Waals surface area contributed by atoms with E-state index in [1.54, 1.807) is 12.1 Å². The number of nitrogens with one attached hydrogen (secondary N) is 1. The number of Topliss-reactive ketones (excluding diaryl/α,β-unsaturated/α-hetero) is 1. The molecule has 1 saturated carbocycles. The maximum atomic E-state index is 13.5. The van der Waals surface area contributed by atoms with Crippen LogP contribution in [0.4, 0.5) is 4.39 Å². The molecule has 16 heavy (non-hydrogen) atoms. The molecule has 1 aromatic rings. The van der Waals surface area contributed by atoms with Gasteiger partial charge in [0.05, 0.1) is 11.6 Å². The number of hydrogen-bond acceptors (Lipinski definition) is 2. The summed E-state index contributed by atoms with van der Waals surface area (Å²) < 4.78 is 13.5. The topological polar surface area (TPSA) is 29.1 Å². The highest BCUT2D eigenvalue weighted by atomic mass is 35.5. The molecule has 0 heterocycles. The Morgan fingerprint density at radius 2 is 2.25 bits per heavy atom. The Kier molecular flexibility index (Phi) is 3.56. The van der Waals surface area contributed by atoms with Crippen molar-refractivity contribution in [2.75, 3.05) is 6.54 Å². The predicted octanol–water partition coefficient (Wildman–Crippen LogP) is 2.34. The van der Waals surface area contributed by atoms with Crippen molar-refractivity contribution in [3.63, 3.8) is 0 Å². The summed E-state index contributed by atoms with van der Waals surface area (Å²) in [6, 6.07) is 5.22. The normalized spacial score (nSPS) is 15.1. The van der Waals surface area contributed by atoms with Gasteiger partial charge in [0, 0.05) is 12.5 Å². The molecule has 1 aromatic carbocycles. The fourth-order valence-electron chi connectivity index (χ4n) is 1.51. The van der Waals surface area contributed by atoms with Crippen LogP contribution in [0, 0.1) is 5.82 Å². The minimum atomic E-state index is -0.482. The van der Waals surface area contributed by atoms with Gasteiger partial charge in [0.2, 0.25) is 0 Å². The summed E-state index contributed by atoms with van der Waals surface area (Å²) in [6.07, 6.45) is 2.38. The van der Waals surface area contributed by atoms with Crippen molar-refractivity contribution in [2.45, 2.75) is 25.3 Å². The Balaban J connectivity index is 1.91. The number of ketones is 1. The Bertz CT molecular complexity index is 404. The molecular weight excluding hydrogens is 229 g/mol. The van der Waals surface area contributed by atoms with E-state index in [4.69, 9.17) is 11.6 Å². The molecule has 4 heteroatoms. The van der Waals surface area contributed by atoms with Gasteiger partial charge in [-0.3, -0.25) is 4.79 Å². The van der Waals surface area contributed by atoms with E-state index in [9.17, 15) is 9.18 Å². The predicted molar refractivity (Wildman–Crippen MR) is 61.1 cm³/mol. The Hall–Kier alpha value is -0.930. The maximum Gasteiger partial charge on any atom is 0.151 e. The second kappa shape index (κ2) is 4.93. The van der Waals surface area contributed by atoms with Crippen LogP contribution in [-0.2, 0) is 11.2 Å². The van der Waals surface area contributed by atoms with Crippen LogP contribution in [0.1, 0.15) is 18.4 Å². The van der Waals surface area contributed by atoms with Gasteiger partial charge in [0.1, 0.15) is 5.82 Å². The van der Waals surface area contributed by atoms with Gasteiger partial charge in [0.25, 0.3) is 0 Å². The second-order valence-corrected chi connectivity index (χ2v) is 4.49. The Morgan fingerprint density at radius 3 is 2.94 bits per heavy atom. The van der Waals surface area contributed by atoms with Crippen molar-refractivity contribution in [2.24, 2.45) is 0 Å². The summed E-state index contributed by atoms with van der Waals surface area (Å²) in [6.45, 7) is 0.316. The second-order valence-electron chi connectivity index (χ2n) is 4.08. The average molecular weight is 242 g/mol. The molecule has 0 aromatic heterocycles. The molecule has 0 atom stereocenters. The molecule has 2 nitrogen and oxygen atoms in total. The number of halogens is 2. The number of carbonyl (C=O) groups excluding carboxylic acids is 1. The summed E-state index contributed by atoms with van der Waals surface area (Å²) in [5.74, 6) is -0.489. The van der Waals surface area contributed by atoms with E-state index in [0.29, 0.717) is 18.2 Å². The van der Waals surface area contributed by atoms with Crippen molar-refractivity contribution in [3.05, 3.63) is 34.6 Å². The fraction of sp³-hybridized carbons (Fsp3) is 0.417. The van der Waals surface area contributed by atoms with Crippen molar-refractivity contribution >= 4 is 17.4 Å². The number of benzene rings is 1. The number of hydrogen-bond donors (Lipinski definition) is 1. The molecular formula is C12H13ClFNO. The molecule has 1 fully saturated rings. The van der Waals surface area contributed by atoms with Crippen molar-refractivity contribution in [3.8, 4) is 0 Å². The first-order chi connectivity index (χ1) is 7.66. The molecule has 1 aliphatic rings. The van der Waals surface area contributed by atoms with Gasteiger partial charge in [-0.05, 0) is 24.5 Å². The standard InChI is InChI=1S/C12H13ClFNO/c13-11-3-1-2-8(12(11)14)6-10(16)7-15-9-4-5-9/h1-3,9,15H,4-7H2. The molecule has 0 unspecified atom stereocenters. The van der Waals surface area contributed by atoms with Gasteiger partial charge >= 0.3 is 0 Å². The van der Waals surface area contributed by atoms with E-state index in [1.165, 1.54) is 6.07 Å². The summed E-state index contributed by atoms with van der Waals surface area (Å²) in [5.41, 5.74) is 0.370. The number of rotatable bonds is 5. The highest BCUT2D eigenvalue weighted by Crippen LogP contribution is 2.19. The van der Waals surface area contributed by atoms with E-state index < -0.39 is 5.82 Å². The first-order valence-electron chi connectivity index (χ1n) is 5.35. The number of carbonyl (C=O) groups is 1. The lowest BCUT2D eigenvalue weighted by molar-refractivity contribution is -0.117. The smallest absolute Gasteiger partial charge is 0.151 e. The monoisotopic (exact) mass is 241 g/mol. The molecule has 1 aliphatic carbocycles. The maximum absolute atomic E-state index is 13.5. The van der Waals surface area contributed by atoms with Crippen molar-refractivity contribution in [1.82, 2.24) is 5.32 Å². The summed E-state index contributed by atoms with van der Waals surface area (Å²) in [4.78, 5) is 11.5. The third kappa shape index (κ3) is 3.03. The molecule has 86 valence electrons. The van der Waals surface area contributed by atoms with E-state index in [1.807, 2.05) is 0 Å². The fourth-order valence-corrected chi connectivity index (χ4v) is 1.70. The molecule has 0 spiro atoms. The average Bonchev–Trinajstić information content (AvgIpc) is 3.06. The Morgan fingerprint density at radius 1 is 1.50 bits per heavy atom. The summed E-state index contributed by atoms with van der Waals surface area (Å²) in [5, 5.41) is 3.18. The lowest BCUT2D eigenvalue weighted by Crippen LogP contribution is -2.26. The van der Waals surface area contributed by atoms with Crippen LogP contribution in [0.3, 0.4) is 0 Å². The van der Waals surface area contributed by atoms with Crippen LogP contribution in [0.25, 0.3) is 0 Å². The van der Waals surface area contributed by atoms with Gasteiger partial charge in [0.15, 0.2) is 5.78 Å². The first kappa shape index (κ1) is 11.6. The zero-order valence-corrected chi connectivity index (χ0v) is 9.56. The summed E-state index contributed by atoms with van der Waals surface area (Å²) >= 11 is 5.63. The van der Waals surface area contributed by atoms with Crippen LogP contribution in [0.5, 0.6) is 0 Å². The zero-order chi connectivity index (χ0) is 11.5. The lowest BCUT2D eigenvalue weighted by atomic mass is 10.1. The molecule has 0 amide bonds. The molecule has 0 radical (unpaired) electrons. The SMILES string of the molecule is O=C(CNC1CC1)Cc1cccc(Cl)c1F. The van der Waals surface area contributed by atoms with Gasteiger partial charge in [-0.15, -0.1) is 0 Å². The zero-order valence-electron chi connectivity index (χ0n) is 8.80. The molecule has 0 aliphatic heterocycles. The van der Waals surface area contributed by atoms with E-state index >= 15 is 0 Å². The highest BCUT2D eigenvalue weighted by Gasteiger charge is 2.21. The van der Waals surface area contributed by atoms with Crippen LogP contribution < -0.4 is 5.32 Å². The molecule has 1 N–H and O–H groups in total. The van der Waals surface area contributed by atoms with Crippen molar-refractivity contribution < 1.29 is 9.18 Å². The van der Waals surface area contributed by atoms with Gasteiger partial charge in [-0.1, -0.05) is 23.7 Å². The van der Waals surface area contributed by atoms with Crippen molar-refractivity contribution in [1.29, 1.82) is 0 Å². The van der Waals surface area contributed by atoms with E-state index in [-0.39, 0.29) is 17.2 Å². The van der Waals surface area contributed by atoms with Crippen LogP contribution in [0.2, 0.25) is 5.02 Å². The molecule has 0 saturated heterocycles. The van der Waals surface area contributed by atoms with Gasteiger partial charge in [-0.25, -0.2) is 4.39 Å². The highest BCUT2D eigenvalue weighted by molar-refractivity contribution is 6.30. The van der Waals surface area contributed by atoms with Crippen LogP contribution in [0.15, 0.2) is 18.2 Å². The van der Waals surface area contributed by atoms with E-state index in [0.717, 1.165) is 12.8 Å². The third-order valence-corrected chi connectivity index (χ3v) is 2.88. The minimum Gasteiger partial charge on any atom is -0.307 e. The van der Waals surface area contributed by atoms with Crippen LogP contribution >= 0.6 is 11.6 Å². The van der Waals surface area contributed by atoms with E-state index in [2.05, 4.69) is 5.32 Å². The lowest BCUT2D eigenvalue weighted by Gasteiger charge is -2.04. The Labute approximate surface area is 98.8 Å².